The zero-order valence-corrected chi connectivity index (χ0v) is 12.9. The van der Waals surface area contributed by atoms with E-state index in [0.29, 0.717) is 27.6 Å². The second kappa shape index (κ2) is 5.92. The van der Waals surface area contributed by atoms with E-state index in [1.807, 2.05) is 0 Å². The quantitative estimate of drug-likeness (QED) is 0.762. The second-order valence-corrected chi connectivity index (χ2v) is 5.71. The van der Waals surface area contributed by atoms with Gasteiger partial charge >= 0.3 is 6.18 Å². The van der Waals surface area contributed by atoms with Crippen LogP contribution in [0.25, 0.3) is 11.1 Å². The molecular weight excluding hydrogens is 331 g/mol. The summed E-state index contributed by atoms with van der Waals surface area (Å²) in [4.78, 5) is 4.00. The van der Waals surface area contributed by atoms with Crippen LogP contribution in [-0.2, 0) is 6.42 Å². The summed E-state index contributed by atoms with van der Waals surface area (Å²) in [7, 11) is 1.47. The molecule has 23 heavy (non-hydrogen) atoms. The van der Waals surface area contributed by atoms with E-state index in [4.69, 9.17) is 21.1 Å². The number of methoxy groups -OCH3 is 1. The highest BCUT2D eigenvalue weighted by atomic mass is 35.5. The Hall–Kier alpha value is -1.95. The number of rotatable bonds is 1. The van der Waals surface area contributed by atoms with Crippen molar-refractivity contribution in [1.82, 2.24) is 4.98 Å². The molecule has 0 unspecified atom stereocenters. The first kappa shape index (κ1) is 15.9. The lowest BCUT2D eigenvalue weighted by atomic mass is 9.91. The first-order valence-corrected chi connectivity index (χ1v) is 7.28. The lowest BCUT2D eigenvalue weighted by molar-refractivity contribution is -0.181. The molecule has 0 fully saturated rings. The Morgan fingerprint density at radius 3 is 2.74 bits per heavy atom. The summed E-state index contributed by atoms with van der Waals surface area (Å²) in [5.74, 6) is -0.952. The summed E-state index contributed by atoms with van der Waals surface area (Å²) in [5, 5.41) is 0.439. The first-order valence-electron chi connectivity index (χ1n) is 6.91. The fourth-order valence-corrected chi connectivity index (χ4v) is 2.74. The van der Waals surface area contributed by atoms with Crippen molar-refractivity contribution in [3.05, 3.63) is 41.0 Å². The molecule has 0 saturated heterocycles. The fraction of sp³-hybridized carbons (Fsp3) is 0.312. The van der Waals surface area contributed by atoms with Crippen molar-refractivity contribution in [2.45, 2.75) is 12.6 Å². The number of hydrogen-bond donors (Lipinski definition) is 0. The van der Waals surface area contributed by atoms with Crippen molar-refractivity contribution >= 4 is 11.6 Å². The largest absolute Gasteiger partial charge is 0.491 e. The van der Waals surface area contributed by atoms with Gasteiger partial charge in [0.25, 0.3) is 0 Å². The molecule has 1 aliphatic heterocycles. The number of alkyl halides is 3. The number of hydrogen-bond acceptors (Lipinski definition) is 3. The average molecular weight is 344 g/mol. The molecule has 122 valence electrons. The Kier molecular flexibility index (Phi) is 4.10. The molecule has 0 spiro atoms. The summed E-state index contributed by atoms with van der Waals surface area (Å²) in [5.41, 5.74) is 1.78. The predicted molar refractivity (Wildman–Crippen MR) is 80.0 cm³/mol. The van der Waals surface area contributed by atoms with Gasteiger partial charge < -0.3 is 9.47 Å². The highest BCUT2D eigenvalue weighted by molar-refractivity contribution is 6.30. The van der Waals surface area contributed by atoms with Gasteiger partial charge in [0.15, 0.2) is 0 Å². The molecule has 1 aliphatic rings. The Labute approximate surface area is 136 Å². The van der Waals surface area contributed by atoms with Gasteiger partial charge in [0.05, 0.1) is 19.2 Å². The van der Waals surface area contributed by atoms with Gasteiger partial charge in [-0.1, -0.05) is 17.7 Å². The Balaban J connectivity index is 2.16. The Bertz CT molecular complexity index is 734. The van der Waals surface area contributed by atoms with Gasteiger partial charge in [0.2, 0.25) is 5.88 Å². The Morgan fingerprint density at radius 1 is 1.26 bits per heavy atom. The maximum atomic E-state index is 13.2. The minimum atomic E-state index is -4.34. The lowest BCUT2D eigenvalue weighted by Crippen LogP contribution is -2.31. The van der Waals surface area contributed by atoms with Gasteiger partial charge in [-0.15, -0.1) is 0 Å². The molecule has 0 N–H and O–H groups in total. The van der Waals surface area contributed by atoms with Gasteiger partial charge in [-0.2, -0.15) is 13.2 Å². The number of aromatic nitrogens is 1. The molecule has 0 amide bonds. The molecule has 0 radical (unpaired) electrons. The van der Waals surface area contributed by atoms with Crippen LogP contribution in [-0.4, -0.2) is 24.9 Å². The highest BCUT2D eigenvalue weighted by Gasteiger charge is 2.41. The van der Waals surface area contributed by atoms with E-state index in [1.54, 1.807) is 24.3 Å². The topological polar surface area (TPSA) is 31.4 Å². The van der Waals surface area contributed by atoms with E-state index in [2.05, 4.69) is 4.98 Å². The van der Waals surface area contributed by atoms with E-state index in [0.717, 1.165) is 0 Å². The van der Waals surface area contributed by atoms with Crippen molar-refractivity contribution in [2.75, 3.05) is 13.7 Å². The molecule has 1 atom stereocenters. The summed E-state index contributed by atoms with van der Waals surface area (Å²) < 4.78 is 50.0. The predicted octanol–water partition coefficient (Wildman–Crippen LogP) is 4.52. The molecule has 7 heteroatoms. The lowest BCUT2D eigenvalue weighted by Gasteiger charge is -2.26. The summed E-state index contributed by atoms with van der Waals surface area (Å²) in [6.45, 7) is -0.452. The van der Waals surface area contributed by atoms with Crippen LogP contribution < -0.4 is 9.47 Å². The molecule has 2 heterocycles. The zero-order valence-electron chi connectivity index (χ0n) is 12.2. The van der Waals surface area contributed by atoms with Crippen LogP contribution in [0.1, 0.15) is 5.56 Å². The van der Waals surface area contributed by atoms with E-state index < -0.39 is 18.7 Å². The van der Waals surface area contributed by atoms with Crippen molar-refractivity contribution in [2.24, 2.45) is 5.92 Å². The molecule has 0 aliphatic carbocycles. The van der Waals surface area contributed by atoms with Crippen molar-refractivity contribution in [3.63, 3.8) is 0 Å². The van der Waals surface area contributed by atoms with Gasteiger partial charge in [-0.25, -0.2) is 4.98 Å². The third kappa shape index (κ3) is 3.22. The zero-order chi connectivity index (χ0) is 16.6. The van der Waals surface area contributed by atoms with Crippen molar-refractivity contribution < 1.29 is 22.6 Å². The van der Waals surface area contributed by atoms with Crippen LogP contribution in [0.4, 0.5) is 13.2 Å². The van der Waals surface area contributed by atoms with E-state index in [9.17, 15) is 13.2 Å². The van der Waals surface area contributed by atoms with Gasteiger partial charge in [0, 0.05) is 16.7 Å². The van der Waals surface area contributed by atoms with Crippen LogP contribution in [0.15, 0.2) is 30.5 Å². The summed E-state index contributed by atoms with van der Waals surface area (Å²) in [6.07, 6.45) is -3.13. The maximum Gasteiger partial charge on any atom is 0.395 e. The minimum Gasteiger partial charge on any atom is -0.491 e. The SMILES string of the molecule is COc1cc2c(cn1)OC[C@H](C(F)(F)F)Cc1ccc(Cl)cc1-2. The maximum absolute atomic E-state index is 13.2. The van der Waals surface area contributed by atoms with Gasteiger partial charge in [-0.3, -0.25) is 0 Å². The number of ether oxygens (including phenoxy) is 2. The number of pyridine rings is 1. The number of nitrogens with zero attached hydrogens (tertiary/aromatic N) is 1. The molecule has 0 saturated carbocycles. The molecule has 3 rings (SSSR count). The smallest absolute Gasteiger partial charge is 0.395 e. The van der Waals surface area contributed by atoms with Crippen molar-refractivity contribution in [1.29, 1.82) is 0 Å². The average Bonchev–Trinajstić information content (AvgIpc) is 2.49. The van der Waals surface area contributed by atoms with E-state index in [1.165, 1.54) is 13.3 Å². The molecule has 0 bridgehead atoms. The Morgan fingerprint density at radius 2 is 2.04 bits per heavy atom. The standard InChI is InChI=1S/C16H13ClF3NO2/c1-22-15-6-13-12-5-11(17)3-2-9(12)4-10(16(18,19)20)8-23-14(13)7-21-15/h2-3,5-7,10H,4,8H2,1H3/t10-/m1/s1. The van der Waals surface area contributed by atoms with Gasteiger partial charge in [-0.05, 0) is 29.7 Å². The van der Waals surface area contributed by atoms with Crippen LogP contribution in [0.2, 0.25) is 5.02 Å². The molecular formula is C16H13ClF3NO2. The minimum absolute atomic E-state index is 0.167. The molecule has 2 aromatic rings. The van der Waals surface area contributed by atoms with Crippen LogP contribution in [0.3, 0.4) is 0 Å². The molecule has 1 aromatic heterocycles. The second-order valence-electron chi connectivity index (χ2n) is 5.28. The van der Waals surface area contributed by atoms with E-state index in [-0.39, 0.29) is 12.2 Å². The van der Waals surface area contributed by atoms with Gasteiger partial charge in [0.1, 0.15) is 12.4 Å². The highest BCUT2D eigenvalue weighted by Crippen LogP contribution is 2.41. The number of halogens is 4. The third-order valence-electron chi connectivity index (χ3n) is 3.78. The number of benzene rings is 1. The van der Waals surface area contributed by atoms with Crippen LogP contribution in [0, 0.1) is 5.92 Å². The molecule has 1 aromatic carbocycles. The third-order valence-corrected chi connectivity index (χ3v) is 4.02. The number of fused-ring (bicyclic) bond motifs is 3. The van der Waals surface area contributed by atoms with Crippen LogP contribution in [0.5, 0.6) is 11.6 Å². The monoisotopic (exact) mass is 343 g/mol. The van der Waals surface area contributed by atoms with E-state index >= 15 is 0 Å². The fourth-order valence-electron chi connectivity index (χ4n) is 2.56. The molecule has 3 nitrogen and oxygen atoms in total. The summed E-state index contributed by atoms with van der Waals surface area (Å²) >= 11 is 6.03. The summed E-state index contributed by atoms with van der Waals surface area (Å²) in [6, 6.07) is 6.49. The van der Waals surface area contributed by atoms with Crippen LogP contribution >= 0.6 is 11.6 Å². The van der Waals surface area contributed by atoms with Crippen molar-refractivity contribution in [3.8, 4) is 22.8 Å². The first-order chi connectivity index (χ1) is 10.9. The normalized spacial score (nSPS) is 17.3.